The van der Waals surface area contributed by atoms with Crippen molar-refractivity contribution >= 4 is 0 Å². The maximum Gasteiger partial charge on any atom is 0.168 e. The van der Waals surface area contributed by atoms with Gasteiger partial charge in [-0.1, -0.05) is 26.2 Å². The van der Waals surface area contributed by atoms with E-state index in [1.165, 1.54) is 32.1 Å². The molecule has 0 radical (unpaired) electrons. The quantitative estimate of drug-likeness (QED) is 0.639. The van der Waals surface area contributed by atoms with Crippen molar-refractivity contribution in [1.29, 1.82) is 0 Å². The molecule has 2 rings (SSSR count). The van der Waals surface area contributed by atoms with Crippen molar-refractivity contribution in [2.75, 3.05) is 20.3 Å². The normalized spacial score (nSPS) is 25.4. The molecule has 1 N–H and O–H groups in total. The van der Waals surface area contributed by atoms with Crippen molar-refractivity contribution < 1.29 is 4.74 Å². The molecule has 0 aromatic carbocycles. The van der Waals surface area contributed by atoms with E-state index in [1.54, 1.807) is 7.11 Å². The number of rotatable bonds is 6. The average Bonchev–Trinajstić information content (AvgIpc) is 2.82. The standard InChI is InChI=1S/C14H27N5O/c1-11-7-5-4-6-8-13(11)19-14(16-17-18-19)12(2)15-9-10-20-3/h11-13,15H,4-10H2,1-3H3. The highest BCUT2D eigenvalue weighted by molar-refractivity contribution is 4.93. The van der Waals surface area contributed by atoms with E-state index in [-0.39, 0.29) is 6.04 Å². The van der Waals surface area contributed by atoms with Crippen molar-refractivity contribution in [2.45, 2.75) is 58.0 Å². The van der Waals surface area contributed by atoms with Gasteiger partial charge in [-0.15, -0.1) is 5.10 Å². The minimum absolute atomic E-state index is 0.149. The molecule has 0 bridgehead atoms. The van der Waals surface area contributed by atoms with Crippen LogP contribution in [0.1, 0.15) is 63.9 Å². The smallest absolute Gasteiger partial charge is 0.168 e. The average molecular weight is 281 g/mol. The van der Waals surface area contributed by atoms with E-state index >= 15 is 0 Å². The molecule has 114 valence electrons. The number of hydrogen-bond donors (Lipinski definition) is 1. The number of aromatic nitrogens is 4. The summed E-state index contributed by atoms with van der Waals surface area (Å²) in [6.07, 6.45) is 6.40. The fourth-order valence-corrected chi connectivity index (χ4v) is 3.03. The number of methoxy groups -OCH3 is 1. The van der Waals surface area contributed by atoms with E-state index < -0.39 is 0 Å². The van der Waals surface area contributed by atoms with E-state index in [0.29, 0.717) is 18.6 Å². The summed E-state index contributed by atoms with van der Waals surface area (Å²) in [6, 6.07) is 0.588. The van der Waals surface area contributed by atoms with Gasteiger partial charge in [0.25, 0.3) is 0 Å². The zero-order valence-corrected chi connectivity index (χ0v) is 12.9. The fourth-order valence-electron chi connectivity index (χ4n) is 3.03. The second-order valence-electron chi connectivity index (χ2n) is 5.83. The first-order chi connectivity index (χ1) is 9.74. The zero-order valence-electron chi connectivity index (χ0n) is 12.9. The van der Waals surface area contributed by atoms with Crippen LogP contribution in [-0.4, -0.2) is 40.5 Å². The minimum Gasteiger partial charge on any atom is -0.383 e. The van der Waals surface area contributed by atoms with Crippen molar-refractivity contribution in [1.82, 2.24) is 25.5 Å². The van der Waals surface area contributed by atoms with Gasteiger partial charge in [-0.3, -0.25) is 0 Å². The molecule has 1 saturated carbocycles. The van der Waals surface area contributed by atoms with Gasteiger partial charge in [0.15, 0.2) is 5.82 Å². The van der Waals surface area contributed by atoms with Crippen LogP contribution in [-0.2, 0) is 4.74 Å². The molecule has 0 aliphatic heterocycles. The van der Waals surface area contributed by atoms with Crippen LogP contribution in [0.2, 0.25) is 0 Å². The summed E-state index contributed by atoms with van der Waals surface area (Å²) >= 11 is 0. The van der Waals surface area contributed by atoms with Gasteiger partial charge < -0.3 is 10.1 Å². The maximum absolute atomic E-state index is 5.07. The third-order valence-corrected chi connectivity index (χ3v) is 4.29. The summed E-state index contributed by atoms with van der Waals surface area (Å²) < 4.78 is 7.12. The Labute approximate surface area is 121 Å². The lowest BCUT2D eigenvalue weighted by molar-refractivity contribution is 0.195. The van der Waals surface area contributed by atoms with Gasteiger partial charge in [0.2, 0.25) is 0 Å². The second kappa shape index (κ2) is 7.69. The molecule has 6 heteroatoms. The predicted molar refractivity (Wildman–Crippen MR) is 77.4 cm³/mol. The Kier molecular flexibility index (Phi) is 5.91. The summed E-state index contributed by atoms with van der Waals surface area (Å²) in [5.74, 6) is 1.59. The van der Waals surface area contributed by atoms with Crippen LogP contribution in [0.4, 0.5) is 0 Å². The van der Waals surface area contributed by atoms with Gasteiger partial charge in [-0.25, -0.2) is 4.68 Å². The van der Waals surface area contributed by atoms with E-state index in [9.17, 15) is 0 Å². The minimum atomic E-state index is 0.149. The molecule has 1 heterocycles. The first-order valence-corrected chi connectivity index (χ1v) is 7.74. The molecular formula is C14H27N5O. The summed E-state index contributed by atoms with van der Waals surface area (Å²) in [4.78, 5) is 0. The Balaban J connectivity index is 2.06. The summed E-state index contributed by atoms with van der Waals surface area (Å²) in [6.45, 7) is 5.94. The van der Waals surface area contributed by atoms with Crippen LogP contribution >= 0.6 is 0 Å². The first kappa shape index (κ1) is 15.4. The van der Waals surface area contributed by atoms with E-state index in [1.807, 2.05) is 0 Å². The Morgan fingerprint density at radius 1 is 1.35 bits per heavy atom. The molecule has 3 unspecified atom stereocenters. The van der Waals surface area contributed by atoms with Crippen LogP contribution in [0.5, 0.6) is 0 Å². The van der Waals surface area contributed by atoms with Gasteiger partial charge in [-0.05, 0) is 36.1 Å². The monoisotopic (exact) mass is 281 g/mol. The Hall–Kier alpha value is -1.01. The molecule has 1 aromatic heterocycles. The Morgan fingerprint density at radius 2 is 2.15 bits per heavy atom. The maximum atomic E-state index is 5.07. The Bertz CT molecular complexity index is 395. The third-order valence-electron chi connectivity index (χ3n) is 4.29. The summed E-state index contributed by atoms with van der Waals surface area (Å²) in [5.41, 5.74) is 0. The van der Waals surface area contributed by atoms with Crippen molar-refractivity contribution in [3.63, 3.8) is 0 Å². The molecular weight excluding hydrogens is 254 g/mol. The molecule has 3 atom stereocenters. The number of nitrogens with zero attached hydrogens (tertiary/aromatic N) is 4. The first-order valence-electron chi connectivity index (χ1n) is 7.74. The zero-order chi connectivity index (χ0) is 14.4. The highest BCUT2D eigenvalue weighted by Crippen LogP contribution is 2.32. The van der Waals surface area contributed by atoms with E-state index in [0.717, 1.165) is 12.4 Å². The number of hydrogen-bond acceptors (Lipinski definition) is 5. The van der Waals surface area contributed by atoms with Crippen LogP contribution in [0, 0.1) is 5.92 Å². The van der Waals surface area contributed by atoms with Crippen molar-refractivity contribution in [2.24, 2.45) is 5.92 Å². The third kappa shape index (κ3) is 3.76. The predicted octanol–water partition coefficient (Wildman–Crippen LogP) is 2.11. The number of nitrogens with one attached hydrogen (secondary N) is 1. The highest BCUT2D eigenvalue weighted by Gasteiger charge is 2.26. The van der Waals surface area contributed by atoms with Crippen molar-refractivity contribution in [3.8, 4) is 0 Å². The lowest BCUT2D eigenvalue weighted by Gasteiger charge is -2.24. The molecule has 0 saturated heterocycles. The molecule has 6 nitrogen and oxygen atoms in total. The molecule has 1 fully saturated rings. The van der Waals surface area contributed by atoms with Gasteiger partial charge in [0.05, 0.1) is 18.7 Å². The second-order valence-corrected chi connectivity index (χ2v) is 5.83. The molecule has 1 aromatic rings. The van der Waals surface area contributed by atoms with Crippen LogP contribution in [0.15, 0.2) is 0 Å². The summed E-state index contributed by atoms with van der Waals surface area (Å²) in [5, 5.41) is 15.8. The number of tetrazole rings is 1. The van der Waals surface area contributed by atoms with E-state index in [2.05, 4.69) is 39.4 Å². The molecule has 20 heavy (non-hydrogen) atoms. The molecule has 1 aliphatic carbocycles. The van der Waals surface area contributed by atoms with Crippen LogP contribution < -0.4 is 5.32 Å². The SMILES string of the molecule is COCCNC(C)c1nnnn1C1CCCCCC1C. The fraction of sp³-hybridized carbons (Fsp3) is 0.929. The molecule has 0 amide bonds. The van der Waals surface area contributed by atoms with E-state index in [4.69, 9.17) is 4.74 Å². The lowest BCUT2D eigenvalue weighted by atomic mass is 9.97. The lowest BCUT2D eigenvalue weighted by Crippen LogP contribution is -2.28. The van der Waals surface area contributed by atoms with Gasteiger partial charge >= 0.3 is 0 Å². The van der Waals surface area contributed by atoms with Crippen molar-refractivity contribution in [3.05, 3.63) is 5.82 Å². The number of ether oxygens (including phenoxy) is 1. The van der Waals surface area contributed by atoms with Gasteiger partial charge in [0.1, 0.15) is 0 Å². The van der Waals surface area contributed by atoms with Gasteiger partial charge in [0, 0.05) is 13.7 Å². The molecule has 1 aliphatic rings. The van der Waals surface area contributed by atoms with Crippen LogP contribution in [0.3, 0.4) is 0 Å². The summed E-state index contributed by atoms with van der Waals surface area (Å²) in [7, 11) is 1.71. The largest absolute Gasteiger partial charge is 0.383 e. The Morgan fingerprint density at radius 3 is 2.95 bits per heavy atom. The van der Waals surface area contributed by atoms with Crippen LogP contribution in [0.25, 0.3) is 0 Å². The highest BCUT2D eigenvalue weighted by atomic mass is 16.5. The van der Waals surface area contributed by atoms with Gasteiger partial charge in [-0.2, -0.15) is 0 Å². The molecule has 0 spiro atoms. The topological polar surface area (TPSA) is 64.9 Å².